The van der Waals surface area contributed by atoms with E-state index >= 15 is 0 Å². The van der Waals surface area contributed by atoms with Gasteiger partial charge < -0.3 is 13.5 Å². The monoisotopic (exact) mass is 555 g/mol. The van der Waals surface area contributed by atoms with Crippen molar-refractivity contribution >= 4 is 39.8 Å². The molecule has 0 saturated heterocycles. The Labute approximate surface area is 244 Å². The van der Waals surface area contributed by atoms with Crippen LogP contribution in [0.4, 0.5) is 5.69 Å². The quantitative estimate of drug-likeness (QED) is 0.225. The van der Waals surface area contributed by atoms with Gasteiger partial charge >= 0.3 is 0 Å². The number of benzene rings is 2. The molecule has 0 N–H and O–H groups in total. The first kappa shape index (κ1) is 29.0. The fourth-order valence-corrected chi connectivity index (χ4v) is 6.88. The number of hydrogen-bond donors (Lipinski definition) is 0. The van der Waals surface area contributed by atoms with Crippen LogP contribution >= 0.6 is 22.0 Å². The SMILES string of the molecule is CCN(C)c1ccc(/C=C/C2=CCN(SSN3C=CC(/C=C/c4ccc(C)cc4C)=CC3C)C(C)=C2)c(C)c1. The summed E-state index contributed by atoms with van der Waals surface area (Å²) in [5.74, 6) is 0. The molecule has 0 aromatic heterocycles. The highest BCUT2D eigenvalue weighted by atomic mass is 33.1. The van der Waals surface area contributed by atoms with Crippen LogP contribution < -0.4 is 4.90 Å². The van der Waals surface area contributed by atoms with Crippen molar-refractivity contribution in [1.29, 1.82) is 0 Å². The molecule has 3 nitrogen and oxygen atoms in total. The molecule has 0 radical (unpaired) electrons. The Balaban J connectivity index is 1.29. The van der Waals surface area contributed by atoms with Crippen LogP contribution in [0.5, 0.6) is 0 Å². The molecule has 0 aliphatic carbocycles. The fourth-order valence-electron chi connectivity index (χ4n) is 4.55. The number of hydrogen-bond acceptors (Lipinski definition) is 5. The van der Waals surface area contributed by atoms with Crippen LogP contribution in [0.2, 0.25) is 0 Å². The van der Waals surface area contributed by atoms with Gasteiger partial charge in [-0.3, -0.25) is 0 Å². The highest BCUT2D eigenvalue weighted by molar-refractivity contribution is 8.74. The van der Waals surface area contributed by atoms with Crippen molar-refractivity contribution < 1.29 is 0 Å². The standard InChI is InChI=1S/C34H41N3S2/c1-8-35(7)34-16-15-33(27(4)22-34)14-11-31-18-20-37(29(6)24-31)39-38-36-19-17-30(23-28(36)5)10-13-32-12-9-25(2)21-26(32)3/h9-19,21-24,28H,8,20H2,1-7H3/b13-10+,14-11+. The molecule has 0 amide bonds. The summed E-state index contributed by atoms with van der Waals surface area (Å²) in [4.78, 5) is 2.26. The van der Waals surface area contributed by atoms with Crippen LogP contribution in [0, 0.1) is 20.8 Å². The first-order chi connectivity index (χ1) is 18.7. The Bertz CT molecular complexity index is 1360. The predicted octanol–water partition coefficient (Wildman–Crippen LogP) is 9.30. The Morgan fingerprint density at radius 1 is 0.897 bits per heavy atom. The van der Waals surface area contributed by atoms with Gasteiger partial charge in [0.2, 0.25) is 0 Å². The lowest BCUT2D eigenvalue weighted by Gasteiger charge is -2.31. The lowest BCUT2D eigenvalue weighted by atomic mass is 10.0. The smallest absolute Gasteiger partial charge is 0.0568 e. The maximum atomic E-state index is 2.35. The average molecular weight is 556 g/mol. The zero-order valence-corrected chi connectivity index (χ0v) is 25.9. The van der Waals surface area contributed by atoms with Crippen molar-refractivity contribution in [1.82, 2.24) is 8.61 Å². The minimum absolute atomic E-state index is 0.320. The van der Waals surface area contributed by atoms with E-state index in [-0.39, 0.29) is 0 Å². The molecule has 1 unspecified atom stereocenters. The average Bonchev–Trinajstić information content (AvgIpc) is 2.91. The van der Waals surface area contributed by atoms with Gasteiger partial charge in [0, 0.05) is 59.7 Å². The second-order valence-electron chi connectivity index (χ2n) is 10.4. The van der Waals surface area contributed by atoms with E-state index in [0.29, 0.717) is 6.04 Å². The van der Waals surface area contributed by atoms with Gasteiger partial charge in [-0.25, -0.2) is 0 Å². The van der Waals surface area contributed by atoms with E-state index in [1.165, 1.54) is 50.3 Å². The van der Waals surface area contributed by atoms with Gasteiger partial charge in [0.15, 0.2) is 0 Å². The third-order valence-electron chi connectivity index (χ3n) is 7.22. The van der Waals surface area contributed by atoms with Gasteiger partial charge in [-0.1, -0.05) is 66.3 Å². The van der Waals surface area contributed by atoms with E-state index in [9.17, 15) is 0 Å². The van der Waals surface area contributed by atoms with Crippen molar-refractivity contribution in [3.05, 3.63) is 124 Å². The van der Waals surface area contributed by atoms with Crippen molar-refractivity contribution in [2.45, 2.75) is 47.6 Å². The summed E-state index contributed by atoms with van der Waals surface area (Å²) in [6, 6.07) is 13.6. The largest absolute Gasteiger partial charge is 0.375 e. The van der Waals surface area contributed by atoms with Crippen LogP contribution in [0.3, 0.4) is 0 Å². The van der Waals surface area contributed by atoms with Crippen LogP contribution in [-0.4, -0.2) is 34.8 Å². The summed E-state index contributed by atoms with van der Waals surface area (Å²) < 4.78 is 4.66. The number of nitrogens with zero attached hydrogens (tertiary/aromatic N) is 3. The molecule has 2 aromatic carbocycles. The van der Waals surface area contributed by atoms with E-state index in [0.717, 1.165) is 13.1 Å². The van der Waals surface area contributed by atoms with E-state index in [2.05, 4.69) is 153 Å². The zero-order valence-electron chi connectivity index (χ0n) is 24.3. The molecule has 204 valence electrons. The Morgan fingerprint density at radius 2 is 1.59 bits per heavy atom. The second kappa shape index (κ2) is 13.4. The highest BCUT2D eigenvalue weighted by Crippen LogP contribution is 2.37. The van der Waals surface area contributed by atoms with E-state index in [1.54, 1.807) is 22.0 Å². The summed E-state index contributed by atoms with van der Waals surface area (Å²) in [6.07, 6.45) is 20.2. The van der Waals surface area contributed by atoms with E-state index < -0.39 is 0 Å². The lowest BCUT2D eigenvalue weighted by Crippen LogP contribution is -2.23. The van der Waals surface area contributed by atoms with Crippen LogP contribution in [0.25, 0.3) is 12.2 Å². The predicted molar refractivity (Wildman–Crippen MR) is 176 cm³/mol. The van der Waals surface area contributed by atoms with Crippen molar-refractivity contribution in [2.75, 3.05) is 25.0 Å². The van der Waals surface area contributed by atoms with Gasteiger partial charge in [-0.05, 0) is 99.2 Å². The molecule has 2 aliphatic heterocycles. The van der Waals surface area contributed by atoms with E-state index in [4.69, 9.17) is 0 Å². The minimum atomic E-state index is 0.320. The fraction of sp³-hybridized carbons (Fsp3) is 0.294. The summed E-state index contributed by atoms with van der Waals surface area (Å²) in [7, 11) is 5.71. The Kier molecular flexibility index (Phi) is 9.93. The molecule has 2 heterocycles. The molecule has 0 saturated carbocycles. The summed E-state index contributed by atoms with van der Waals surface area (Å²) in [6.45, 7) is 15.0. The van der Waals surface area contributed by atoms with Crippen LogP contribution in [-0.2, 0) is 0 Å². The van der Waals surface area contributed by atoms with Crippen molar-refractivity contribution in [2.24, 2.45) is 0 Å². The van der Waals surface area contributed by atoms with Gasteiger partial charge in [-0.2, -0.15) is 0 Å². The molecule has 2 aliphatic rings. The van der Waals surface area contributed by atoms with Gasteiger partial charge in [0.05, 0.1) is 6.04 Å². The first-order valence-corrected chi connectivity index (χ1v) is 15.7. The number of rotatable bonds is 9. The molecular formula is C34H41N3S2. The maximum Gasteiger partial charge on any atom is 0.0568 e. The van der Waals surface area contributed by atoms with Gasteiger partial charge in [-0.15, -0.1) is 0 Å². The van der Waals surface area contributed by atoms with Gasteiger partial charge in [0.1, 0.15) is 0 Å². The summed E-state index contributed by atoms with van der Waals surface area (Å²) >= 11 is 0. The topological polar surface area (TPSA) is 9.72 Å². The molecule has 0 spiro atoms. The molecule has 4 rings (SSSR count). The number of allylic oxidation sites excluding steroid dienone is 7. The summed E-state index contributed by atoms with van der Waals surface area (Å²) in [5.41, 5.74) is 11.5. The minimum Gasteiger partial charge on any atom is -0.375 e. The molecule has 0 bridgehead atoms. The zero-order chi connectivity index (χ0) is 27.9. The number of anilines is 1. The maximum absolute atomic E-state index is 2.35. The molecule has 2 aromatic rings. The van der Waals surface area contributed by atoms with Crippen molar-refractivity contribution in [3.8, 4) is 0 Å². The highest BCUT2D eigenvalue weighted by Gasteiger charge is 2.17. The molecule has 0 fully saturated rings. The lowest BCUT2D eigenvalue weighted by molar-refractivity contribution is 0.550. The molecular weight excluding hydrogens is 515 g/mol. The van der Waals surface area contributed by atoms with Crippen molar-refractivity contribution in [3.63, 3.8) is 0 Å². The Hall–Kier alpha value is -3.02. The van der Waals surface area contributed by atoms with Gasteiger partial charge in [0.25, 0.3) is 0 Å². The third-order valence-corrected chi connectivity index (χ3v) is 9.79. The van der Waals surface area contributed by atoms with E-state index in [1.807, 2.05) is 0 Å². The normalized spacial score (nSPS) is 17.6. The van der Waals surface area contributed by atoms with Crippen LogP contribution in [0.15, 0.2) is 95.9 Å². The Morgan fingerprint density at radius 3 is 2.23 bits per heavy atom. The molecule has 39 heavy (non-hydrogen) atoms. The second-order valence-corrected chi connectivity index (χ2v) is 12.4. The molecule has 1 atom stereocenters. The summed E-state index contributed by atoms with van der Waals surface area (Å²) in [5, 5.41) is 0. The van der Waals surface area contributed by atoms with Crippen LogP contribution in [0.1, 0.15) is 48.6 Å². The first-order valence-electron chi connectivity index (χ1n) is 13.7. The third kappa shape index (κ3) is 7.77. The number of aryl methyl sites for hydroxylation is 3. The molecule has 5 heteroatoms.